The molecule has 0 atom stereocenters. The van der Waals surface area contributed by atoms with Gasteiger partial charge in [-0.2, -0.15) is 0 Å². The van der Waals surface area contributed by atoms with Gasteiger partial charge in [-0.25, -0.2) is 0 Å². The molecule has 0 bridgehead atoms. The van der Waals surface area contributed by atoms with E-state index in [9.17, 15) is 5.11 Å². The number of hydrogen-bond acceptors (Lipinski definition) is 2. The van der Waals surface area contributed by atoms with Crippen molar-refractivity contribution in [3.8, 4) is 0 Å². The Balaban J connectivity index is 1.89. The number of aryl methyl sites for hydroxylation is 1. The molecule has 0 unspecified atom stereocenters. The fraction of sp³-hybridized carbons (Fsp3) is 0.462. The van der Waals surface area contributed by atoms with E-state index in [1.807, 2.05) is 31.2 Å². The van der Waals surface area contributed by atoms with Crippen LogP contribution in [0.2, 0.25) is 0 Å². The molecule has 0 saturated heterocycles. The zero-order valence-corrected chi connectivity index (χ0v) is 10.1. The summed E-state index contributed by atoms with van der Waals surface area (Å²) in [5.41, 5.74) is 7.26. The Bertz CT molecular complexity index is 407. The molecule has 4 heteroatoms. The van der Waals surface area contributed by atoms with Crippen LogP contribution in [0.15, 0.2) is 29.3 Å². The lowest BCUT2D eigenvalue weighted by molar-refractivity contribution is -0.0235. The van der Waals surface area contributed by atoms with E-state index in [-0.39, 0.29) is 0 Å². The first-order valence-electron chi connectivity index (χ1n) is 5.93. The normalized spacial score (nSPS) is 18.6. The number of nitrogens with one attached hydrogen (secondary N) is 1. The number of aliphatic hydroxyl groups is 1. The van der Waals surface area contributed by atoms with E-state index in [1.165, 1.54) is 5.56 Å². The number of guanidine groups is 1. The van der Waals surface area contributed by atoms with Gasteiger partial charge in [-0.05, 0) is 38.3 Å². The van der Waals surface area contributed by atoms with Gasteiger partial charge in [0.15, 0.2) is 5.96 Å². The Labute approximate surface area is 102 Å². The van der Waals surface area contributed by atoms with Gasteiger partial charge in [0.2, 0.25) is 0 Å². The number of nitrogens with two attached hydrogens (primary N) is 1. The Hall–Kier alpha value is -1.55. The molecule has 1 aliphatic rings. The third-order valence-corrected chi connectivity index (χ3v) is 3.15. The van der Waals surface area contributed by atoms with Crippen LogP contribution in [-0.4, -0.2) is 23.2 Å². The maximum atomic E-state index is 9.87. The number of hydrogen-bond donors (Lipinski definition) is 3. The van der Waals surface area contributed by atoms with Gasteiger partial charge in [-0.15, -0.1) is 0 Å². The average molecular weight is 233 g/mol. The van der Waals surface area contributed by atoms with E-state index in [4.69, 9.17) is 5.73 Å². The fourth-order valence-corrected chi connectivity index (χ4v) is 1.80. The zero-order valence-electron chi connectivity index (χ0n) is 10.1. The predicted molar refractivity (Wildman–Crippen MR) is 70.1 cm³/mol. The highest BCUT2D eigenvalue weighted by Gasteiger charge is 2.33. The lowest BCUT2D eigenvalue weighted by atomic mass is 9.80. The van der Waals surface area contributed by atoms with Crippen molar-refractivity contribution < 1.29 is 5.11 Å². The third kappa shape index (κ3) is 3.20. The molecule has 0 aliphatic heterocycles. The van der Waals surface area contributed by atoms with E-state index >= 15 is 0 Å². The Morgan fingerprint density at radius 2 is 2.06 bits per heavy atom. The van der Waals surface area contributed by atoms with Crippen molar-refractivity contribution in [1.82, 2.24) is 0 Å². The minimum absolute atomic E-state index is 0.356. The molecule has 1 fully saturated rings. The first-order valence-corrected chi connectivity index (χ1v) is 5.93. The van der Waals surface area contributed by atoms with Crippen LogP contribution in [0.5, 0.6) is 0 Å². The second-order valence-electron chi connectivity index (χ2n) is 4.77. The molecule has 0 amide bonds. The number of rotatable bonds is 3. The van der Waals surface area contributed by atoms with E-state index in [1.54, 1.807) is 0 Å². The molecule has 0 spiro atoms. The lowest BCUT2D eigenvalue weighted by Crippen LogP contribution is -2.41. The Morgan fingerprint density at radius 3 is 2.59 bits per heavy atom. The molecule has 4 N–H and O–H groups in total. The predicted octanol–water partition coefficient (Wildman–Crippen LogP) is 1.64. The highest BCUT2D eigenvalue weighted by molar-refractivity contribution is 5.92. The van der Waals surface area contributed by atoms with Gasteiger partial charge in [0.05, 0.1) is 12.1 Å². The van der Waals surface area contributed by atoms with E-state index < -0.39 is 5.60 Å². The van der Waals surface area contributed by atoms with Crippen molar-refractivity contribution in [3.05, 3.63) is 29.8 Å². The standard InChI is InChI=1S/C13H19N3O/c1-10-3-5-11(6-4-10)16-12(14)15-9-13(17)7-2-8-13/h3-6,17H,2,7-9H2,1H3,(H3,14,15,16). The van der Waals surface area contributed by atoms with E-state index in [2.05, 4.69) is 10.3 Å². The SMILES string of the molecule is Cc1ccc(NC(N)=NCC2(O)CCC2)cc1. The number of anilines is 1. The monoisotopic (exact) mass is 233 g/mol. The summed E-state index contributed by atoms with van der Waals surface area (Å²) < 4.78 is 0. The Kier molecular flexibility index (Phi) is 3.33. The molecular formula is C13H19N3O. The molecular weight excluding hydrogens is 214 g/mol. The highest BCUT2D eigenvalue weighted by Crippen LogP contribution is 2.31. The summed E-state index contributed by atoms with van der Waals surface area (Å²) >= 11 is 0. The molecule has 4 nitrogen and oxygen atoms in total. The van der Waals surface area contributed by atoms with Gasteiger partial charge < -0.3 is 16.2 Å². The summed E-state index contributed by atoms with van der Waals surface area (Å²) in [6.45, 7) is 2.42. The van der Waals surface area contributed by atoms with E-state index in [0.29, 0.717) is 12.5 Å². The van der Waals surface area contributed by atoms with Crippen molar-refractivity contribution in [2.75, 3.05) is 11.9 Å². The molecule has 1 aliphatic carbocycles. The van der Waals surface area contributed by atoms with Gasteiger partial charge in [-0.3, -0.25) is 4.99 Å². The van der Waals surface area contributed by atoms with Gasteiger partial charge in [0.25, 0.3) is 0 Å². The van der Waals surface area contributed by atoms with E-state index in [0.717, 1.165) is 24.9 Å². The van der Waals surface area contributed by atoms with Crippen LogP contribution in [0.4, 0.5) is 5.69 Å². The molecule has 0 radical (unpaired) electrons. The quantitative estimate of drug-likeness (QED) is 0.549. The summed E-state index contributed by atoms with van der Waals surface area (Å²) in [6, 6.07) is 7.93. The molecule has 0 aromatic heterocycles. The number of aliphatic imine (C=N–C) groups is 1. The summed E-state index contributed by atoms with van der Waals surface area (Å²) in [7, 11) is 0. The van der Waals surface area contributed by atoms with Crippen molar-refractivity contribution in [1.29, 1.82) is 0 Å². The number of benzene rings is 1. The summed E-state index contributed by atoms with van der Waals surface area (Å²) in [6.07, 6.45) is 2.74. The van der Waals surface area contributed by atoms with Gasteiger partial charge in [0.1, 0.15) is 0 Å². The Morgan fingerprint density at radius 1 is 1.41 bits per heavy atom. The van der Waals surface area contributed by atoms with Crippen LogP contribution < -0.4 is 11.1 Å². The molecule has 0 heterocycles. The molecule has 92 valence electrons. The van der Waals surface area contributed by atoms with Crippen molar-refractivity contribution >= 4 is 11.6 Å². The minimum Gasteiger partial charge on any atom is -0.388 e. The van der Waals surface area contributed by atoms with Crippen LogP contribution in [0, 0.1) is 6.92 Å². The maximum Gasteiger partial charge on any atom is 0.193 e. The summed E-state index contributed by atoms with van der Waals surface area (Å²) in [5.74, 6) is 0.356. The van der Waals surface area contributed by atoms with Crippen molar-refractivity contribution in [2.24, 2.45) is 10.7 Å². The van der Waals surface area contributed by atoms with Crippen molar-refractivity contribution in [2.45, 2.75) is 31.8 Å². The third-order valence-electron chi connectivity index (χ3n) is 3.15. The summed E-state index contributed by atoms with van der Waals surface area (Å²) in [4.78, 5) is 4.17. The lowest BCUT2D eigenvalue weighted by Gasteiger charge is -2.34. The molecule has 1 aromatic carbocycles. The number of nitrogens with zero attached hydrogens (tertiary/aromatic N) is 1. The fourth-order valence-electron chi connectivity index (χ4n) is 1.80. The van der Waals surface area contributed by atoms with Crippen LogP contribution >= 0.6 is 0 Å². The topological polar surface area (TPSA) is 70.6 Å². The van der Waals surface area contributed by atoms with Gasteiger partial charge in [0, 0.05) is 5.69 Å². The van der Waals surface area contributed by atoms with Gasteiger partial charge in [-0.1, -0.05) is 17.7 Å². The first-order chi connectivity index (χ1) is 8.07. The molecule has 17 heavy (non-hydrogen) atoms. The van der Waals surface area contributed by atoms with Crippen LogP contribution in [-0.2, 0) is 0 Å². The van der Waals surface area contributed by atoms with Crippen LogP contribution in [0.25, 0.3) is 0 Å². The average Bonchev–Trinajstić information content (AvgIpc) is 2.27. The zero-order chi connectivity index (χ0) is 12.3. The molecule has 1 aromatic rings. The maximum absolute atomic E-state index is 9.87. The van der Waals surface area contributed by atoms with Gasteiger partial charge >= 0.3 is 0 Å². The molecule has 1 saturated carbocycles. The molecule has 2 rings (SSSR count). The first kappa shape index (κ1) is 11.9. The highest BCUT2D eigenvalue weighted by atomic mass is 16.3. The second-order valence-corrected chi connectivity index (χ2v) is 4.77. The smallest absolute Gasteiger partial charge is 0.193 e. The van der Waals surface area contributed by atoms with Crippen LogP contribution in [0.3, 0.4) is 0 Å². The largest absolute Gasteiger partial charge is 0.388 e. The minimum atomic E-state index is -0.612. The van der Waals surface area contributed by atoms with Crippen LogP contribution in [0.1, 0.15) is 24.8 Å². The van der Waals surface area contributed by atoms with Crippen molar-refractivity contribution in [3.63, 3.8) is 0 Å². The second kappa shape index (κ2) is 4.75. The summed E-state index contributed by atoms with van der Waals surface area (Å²) in [5, 5.41) is 12.9.